The fourth-order valence-electron chi connectivity index (χ4n) is 2.12. The fourth-order valence-corrected chi connectivity index (χ4v) is 2.70. The second-order valence-corrected chi connectivity index (χ2v) is 6.18. The highest BCUT2D eigenvalue weighted by Crippen LogP contribution is 2.24. The van der Waals surface area contributed by atoms with E-state index in [1.54, 1.807) is 29.1 Å². The lowest BCUT2D eigenvalue weighted by atomic mass is 10.1. The van der Waals surface area contributed by atoms with Crippen LogP contribution in [-0.2, 0) is 0 Å². The number of hydrogen-bond acceptors (Lipinski definition) is 4. The Hall–Kier alpha value is -2.25. The maximum atomic E-state index is 9.54. The van der Waals surface area contributed by atoms with Crippen molar-refractivity contribution in [3.8, 4) is 17.1 Å². The molecule has 0 aliphatic carbocycles. The number of nitrogens with one attached hydrogen (secondary N) is 1. The van der Waals surface area contributed by atoms with Crippen molar-refractivity contribution >= 4 is 34.4 Å². The molecule has 0 aliphatic rings. The van der Waals surface area contributed by atoms with Crippen LogP contribution in [0.25, 0.3) is 11.4 Å². The summed E-state index contributed by atoms with van der Waals surface area (Å²) in [4.78, 5) is 0. The average Bonchev–Trinajstić information content (AvgIpc) is 2.90. The van der Waals surface area contributed by atoms with Gasteiger partial charge in [-0.3, -0.25) is 0 Å². The lowest BCUT2D eigenvalue weighted by Crippen LogP contribution is -1.96. The van der Waals surface area contributed by atoms with E-state index < -0.39 is 0 Å². The Morgan fingerprint density at radius 3 is 2.83 bits per heavy atom. The van der Waals surface area contributed by atoms with Gasteiger partial charge in [0.15, 0.2) is 5.82 Å². The van der Waals surface area contributed by atoms with Gasteiger partial charge < -0.3 is 5.11 Å². The number of benzene rings is 2. The zero-order chi connectivity index (χ0) is 16.4. The first-order valence-corrected chi connectivity index (χ1v) is 8.02. The quantitative estimate of drug-likeness (QED) is 0.520. The molecule has 5 nitrogen and oxygen atoms in total. The average molecular weight is 389 g/mol. The number of aryl methyl sites for hydroxylation is 1. The number of H-pyrrole nitrogens is 1. The highest BCUT2D eigenvalue weighted by atomic mass is 79.9. The minimum absolute atomic E-state index is 0.183. The molecule has 0 saturated heterocycles. The molecule has 2 aromatic carbocycles. The molecule has 116 valence electrons. The standard InChI is InChI=1S/C16H13BrN4OS/c1-10-4-2-3-5-12(10)15-19-20-16(23)21(15)18-9-11-6-7-14(22)13(17)8-11/h2-9,22H,1H3,(H,20,23)/b18-9-. The third kappa shape index (κ3) is 3.25. The molecule has 23 heavy (non-hydrogen) atoms. The molecule has 7 heteroatoms. The van der Waals surface area contributed by atoms with Crippen LogP contribution in [0.15, 0.2) is 52.0 Å². The first-order chi connectivity index (χ1) is 11.1. The Balaban J connectivity index is 2.02. The Kier molecular flexibility index (Phi) is 4.40. The molecule has 0 radical (unpaired) electrons. The molecular formula is C16H13BrN4OS. The molecule has 0 amide bonds. The van der Waals surface area contributed by atoms with E-state index in [-0.39, 0.29) is 5.75 Å². The van der Waals surface area contributed by atoms with E-state index in [2.05, 4.69) is 31.2 Å². The molecule has 2 N–H and O–H groups in total. The van der Waals surface area contributed by atoms with Crippen LogP contribution >= 0.6 is 28.1 Å². The van der Waals surface area contributed by atoms with Gasteiger partial charge in [0, 0.05) is 5.56 Å². The number of hydrogen-bond donors (Lipinski definition) is 2. The van der Waals surface area contributed by atoms with E-state index in [9.17, 15) is 5.11 Å². The number of phenolic OH excluding ortho intramolecular Hbond substituents is 1. The molecule has 3 aromatic rings. The summed E-state index contributed by atoms with van der Waals surface area (Å²) >= 11 is 8.54. The SMILES string of the molecule is Cc1ccccc1-c1n[nH]c(=S)n1/N=C\c1ccc(O)c(Br)c1. The van der Waals surface area contributed by atoms with Gasteiger partial charge >= 0.3 is 0 Å². The fraction of sp³-hybridized carbons (Fsp3) is 0.0625. The number of aromatic nitrogens is 3. The van der Waals surface area contributed by atoms with E-state index in [1.165, 1.54) is 0 Å². The number of rotatable bonds is 3. The van der Waals surface area contributed by atoms with Crippen LogP contribution in [0.4, 0.5) is 0 Å². The zero-order valence-electron chi connectivity index (χ0n) is 12.2. The van der Waals surface area contributed by atoms with Gasteiger partial charge in [-0.1, -0.05) is 24.3 Å². The third-order valence-electron chi connectivity index (χ3n) is 3.33. The van der Waals surface area contributed by atoms with Crippen LogP contribution < -0.4 is 0 Å². The second-order valence-electron chi connectivity index (χ2n) is 4.93. The van der Waals surface area contributed by atoms with Crippen molar-refractivity contribution < 1.29 is 5.11 Å². The molecule has 3 rings (SSSR count). The Morgan fingerprint density at radius 1 is 1.30 bits per heavy atom. The molecule has 0 aliphatic heterocycles. The van der Waals surface area contributed by atoms with Gasteiger partial charge in [0.2, 0.25) is 4.77 Å². The maximum Gasteiger partial charge on any atom is 0.216 e. The Labute approximate surface area is 146 Å². The predicted octanol–water partition coefficient (Wildman–Crippen LogP) is 4.27. The van der Waals surface area contributed by atoms with Crippen LogP contribution in [0, 0.1) is 11.7 Å². The number of aromatic amines is 1. The van der Waals surface area contributed by atoms with E-state index in [1.807, 2.05) is 31.2 Å². The summed E-state index contributed by atoms with van der Waals surface area (Å²) in [6.07, 6.45) is 1.66. The third-order valence-corrected chi connectivity index (χ3v) is 4.23. The van der Waals surface area contributed by atoms with E-state index in [0.717, 1.165) is 16.7 Å². The first-order valence-electron chi connectivity index (χ1n) is 6.82. The van der Waals surface area contributed by atoms with Crippen molar-refractivity contribution in [2.24, 2.45) is 5.10 Å². The molecule has 0 saturated carbocycles. The minimum atomic E-state index is 0.183. The van der Waals surface area contributed by atoms with Crippen LogP contribution in [0.2, 0.25) is 0 Å². The smallest absolute Gasteiger partial charge is 0.216 e. The van der Waals surface area contributed by atoms with Crippen LogP contribution in [0.5, 0.6) is 5.75 Å². The zero-order valence-corrected chi connectivity index (χ0v) is 14.6. The molecule has 0 unspecified atom stereocenters. The highest BCUT2D eigenvalue weighted by molar-refractivity contribution is 9.10. The van der Waals surface area contributed by atoms with Gasteiger partial charge in [-0.05, 0) is 64.4 Å². The minimum Gasteiger partial charge on any atom is -0.507 e. The van der Waals surface area contributed by atoms with Gasteiger partial charge in [-0.2, -0.15) is 14.9 Å². The molecule has 0 spiro atoms. The largest absolute Gasteiger partial charge is 0.507 e. The highest BCUT2D eigenvalue weighted by Gasteiger charge is 2.10. The van der Waals surface area contributed by atoms with Crippen molar-refractivity contribution in [2.45, 2.75) is 6.92 Å². The van der Waals surface area contributed by atoms with Crippen molar-refractivity contribution in [2.75, 3.05) is 0 Å². The summed E-state index contributed by atoms with van der Waals surface area (Å²) in [5.74, 6) is 0.838. The topological polar surface area (TPSA) is 66.2 Å². The predicted molar refractivity (Wildman–Crippen MR) is 96.4 cm³/mol. The van der Waals surface area contributed by atoms with Gasteiger partial charge in [0.25, 0.3) is 0 Å². The van der Waals surface area contributed by atoms with E-state index in [0.29, 0.717) is 15.1 Å². The molecule has 1 heterocycles. The number of phenols is 1. The summed E-state index contributed by atoms with van der Waals surface area (Å²) < 4.78 is 2.60. The Morgan fingerprint density at radius 2 is 2.09 bits per heavy atom. The molecule has 0 atom stereocenters. The Bertz CT molecular complexity index is 945. The lowest BCUT2D eigenvalue weighted by Gasteiger charge is -2.04. The number of aromatic hydroxyl groups is 1. The summed E-state index contributed by atoms with van der Waals surface area (Å²) in [6, 6.07) is 13.0. The second kappa shape index (κ2) is 6.47. The first kappa shape index (κ1) is 15.6. The number of nitrogens with zero attached hydrogens (tertiary/aromatic N) is 3. The summed E-state index contributed by atoms with van der Waals surface area (Å²) in [6.45, 7) is 2.01. The van der Waals surface area contributed by atoms with Crippen LogP contribution in [-0.4, -0.2) is 26.2 Å². The molecule has 0 bridgehead atoms. The van der Waals surface area contributed by atoms with Crippen LogP contribution in [0.3, 0.4) is 0 Å². The van der Waals surface area contributed by atoms with Crippen molar-refractivity contribution in [1.29, 1.82) is 0 Å². The monoisotopic (exact) mass is 388 g/mol. The van der Waals surface area contributed by atoms with Crippen molar-refractivity contribution in [3.63, 3.8) is 0 Å². The van der Waals surface area contributed by atoms with Gasteiger partial charge in [-0.25, -0.2) is 5.10 Å². The van der Waals surface area contributed by atoms with E-state index >= 15 is 0 Å². The van der Waals surface area contributed by atoms with Crippen molar-refractivity contribution in [1.82, 2.24) is 14.9 Å². The van der Waals surface area contributed by atoms with Gasteiger partial charge in [0.1, 0.15) is 5.75 Å². The van der Waals surface area contributed by atoms with Gasteiger partial charge in [0.05, 0.1) is 10.7 Å². The summed E-state index contributed by atoms with van der Waals surface area (Å²) in [7, 11) is 0. The normalized spacial score (nSPS) is 11.2. The van der Waals surface area contributed by atoms with Crippen molar-refractivity contribution in [3.05, 3.63) is 62.8 Å². The molecule has 0 fully saturated rings. The summed E-state index contributed by atoms with van der Waals surface area (Å²) in [5.41, 5.74) is 2.88. The molecular weight excluding hydrogens is 376 g/mol. The van der Waals surface area contributed by atoms with Gasteiger partial charge in [-0.15, -0.1) is 0 Å². The van der Waals surface area contributed by atoms with E-state index in [4.69, 9.17) is 12.2 Å². The maximum absolute atomic E-state index is 9.54. The van der Waals surface area contributed by atoms with Crippen LogP contribution in [0.1, 0.15) is 11.1 Å². The molecule has 1 aromatic heterocycles. The number of halogens is 1. The summed E-state index contributed by atoms with van der Waals surface area (Å²) in [5, 5.41) is 21.0. The lowest BCUT2D eigenvalue weighted by molar-refractivity contribution is 0.472.